The van der Waals surface area contributed by atoms with E-state index in [1.807, 2.05) is 33.1 Å². The molecule has 0 fully saturated rings. The standard InChI is InChI=1S/C12H15NO3.C8H8O3.C5H13NO2/c1-13(2)7-6-11(14)10-5-4-9(16-3)8-12(10)15;1-5(9)7-3-2-6(10)4-8(7)11;1-6(2)5(7-3)8-4/h4-8,15H,1-3H3;2-4,10-11H,1H3;5H,1-4H3/b7-6-;;. The fraction of sp³-hybridized carbons (Fsp3) is 0.360. The molecule has 0 saturated carbocycles. The molecular formula is C25H36N2O8. The maximum absolute atomic E-state index is 11.7. The first kappa shape index (κ1) is 31.4. The van der Waals surface area contributed by atoms with Gasteiger partial charge in [-0.05, 0) is 45.3 Å². The van der Waals surface area contributed by atoms with E-state index in [9.17, 15) is 14.7 Å². The molecule has 0 aliphatic carbocycles. The Balaban J connectivity index is 0.000000530. The van der Waals surface area contributed by atoms with Crippen LogP contribution in [-0.4, -0.2) is 92.6 Å². The number of hydrogen-bond donors (Lipinski definition) is 3. The van der Waals surface area contributed by atoms with Crippen LogP contribution in [0.5, 0.6) is 23.0 Å². The fourth-order valence-corrected chi connectivity index (χ4v) is 2.49. The fourth-order valence-electron chi connectivity index (χ4n) is 2.49. The zero-order valence-corrected chi connectivity index (χ0v) is 21.5. The second-order valence-electron chi connectivity index (χ2n) is 7.53. The maximum atomic E-state index is 11.7. The molecule has 35 heavy (non-hydrogen) atoms. The van der Waals surface area contributed by atoms with Gasteiger partial charge >= 0.3 is 0 Å². The van der Waals surface area contributed by atoms with E-state index in [1.54, 1.807) is 31.4 Å². The van der Waals surface area contributed by atoms with Crippen molar-refractivity contribution in [2.24, 2.45) is 0 Å². The van der Waals surface area contributed by atoms with Gasteiger partial charge in [-0.1, -0.05) is 0 Å². The van der Waals surface area contributed by atoms with Gasteiger partial charge in [0.15, 0.2) is 11.6 Å². The molecule has 194 valence electrons. The lowest BCUT2D eigenvalue weighted by Gasteiger charge is -2.19. The van der Waals surface area contributed by atoms with Crippen molar-refractivity contribution in [2.45, 2.75) is 13.3 Å². The number of carbonyl (C=O) groups excluding carboxylic acids is 2. The van der Waals surface area contributed by atoms with Crippen LogP contribution in [0, 0.1) is 0 Å². The largest absolute Gasteiger partial charge is 0.508 e. The van der Waals surface area contributed by atoms with Crippen LogP contribution in [0.2, 0.25) is 0 Å². The van der Waals surface area contributed by atoms with E-state index in [0.29, 0.717) is 5.75 Å². The lowest BCUT2D eigenvalue weighted by Crippen LogP contribution is -2.30. The zero-order valence-electron chi connectivity index (χ0n) is 21.5. The number of ketones is 2. The quantitative estimate of drug-likeness (QED) is 0.287. The third-order valence-electron chi connectivity index (χ3n) is 4.18. The molecule has 2 aromatic carbocycles. The van der Waals surface area contributed by atoms with Crippen molar-refractivity contribution < 1.29 is 39.1 Å². The van der Waals surface area contributed by atoms with Crippen molar-refractivity contribution in [1.82, 2.24) is 9.80 Å². The van der Waals surface area contributed by atoms with Gasteiger partial charge in [-0.25, -0.2) is 0 Å². The Morgan fingerprint density at radius 3 is 1.77 bits per heavy atom. The number of phenolic OH excluding ortho intramolecular Hbond substituents is 3. The van der Waals surface area contributed by atoms with Crippen molar-refractivity contribution >= 4 is 11.6 Å². The summed E-state index contributed by atoms with van der Waals surface area (Å²) < 4.78 is 14.7. The summed E-state index contributed by atoms with van der Waals surface area (Å²) in [4.78, 5) is 26.0. The molecule has 0 saturated heterocycles. The molecular weight excluding hydrogens is 456 g/mol. The Labute approximate surface area is 206 Å². The Morgan fingerprint density at radius 2 is 1.40 bits per heavy atom. The van der Waals surface area contributed by atoms with Gasteiger partial charge in [0, 0.05) is 52.7 Å². The van der Waals surface area contributed by atoms with Crippen LogP contribution in [0.1, 0.15) is 27.6 Å². The Kier molecular flexibility index (Phi) is 14.4. The number of carbonyl (C=O) groups is 2. The van der Waals surface area contributed by atoms with Crippen LogP contribution in [0.3, 0.4) is 0 Å². The number of rotatable bonds is 8. The predicted molar refractivity (Wildman–Crippen MR) is 133 cm³/mol. The summed E-state index contributed by atoms with van der Waals surface area (Å²) in [6.45, 7) is 1.35. The summed E-state index contributed by atoms with van der Waals surface area (Å²) >= 11 is 0. The average molecular weight is 493 g/mol. The number of phenols is 3. The molecule has 3 N–H and O–H groups in total. The van der Waals surface area contributed by atoms with Gasteiger partial charge in [-0.15, -0.1) is 0 Å². The topological polar surface area (TPSA) is 129 Å². The molecule has 2 aromatic rings. The SMILES string of the molecule is CC(=O)c1ccc(O)cc1O.COC(OC)N(C)C.COc1ccc(C(=O)/C=C\N(C)C)c(O)c1. The third kappa shape index (κ3) is 11.9. The number of methoxy groups -OCH3 is 3. The van der Waals surface area contributed by atoms with E-state index >= 15 is 0 Å². The first-order chi connectivity index (χ1) is 16.4. The van der Waals surface area contributed by atoms with Gasteiger partial charge in [-0.3, -0.25) is 14.5 Å². The third-order valence-corrected chi connectivity index (χ3v) is 4.18. The molecule has 0 aliphatic rings. The van der Waals surface area contributed by atoms with Crippen LogP contribution < -0.4 is 4.74 Å². The number of Topliss-reactive ketones (excluding diaryl/α,β-unsaturated/α-hetero) is 1. The van der Waals surface area contributed by atoms with Crippen molar-refractivity contribution in [3.63, 3.8) is 0 Å². The van der Waals surface area contributed by atoms with Crippen molar-refractivity contribution in [3.05, 3.63) is 59.8 Å². The summed E-state index contributed by atoms with van der Waals surface area (Å²) in [6, 6.07) is 8.46. The maximum Gasteiger partial charge on any atom is 0.217 e. The van der Waals surface area contributed by atoms with Gasteiger partial charge in [0.25, 0.3) is 0 Å². The van der Waals surface area contributed by atoms with Gasteiger partial charge in [0.1, 0.15) is 23.0 Å². The summed E-state index contributed by atoms with van der Waals surface area (Å²) in [5.74, 6) is -0.250. The lowest BCUT2D eigenvalue weighted by molar-refractivity contribution is -0.179. The number of allylic oxidation sites excluding steroid dienone is 1. The molecule has 0 atom stereocenters. The Bertz CT molecular complexity index is 970. The number of aromatic hydroxyl groups is 3. The van der Waals surface area contributed by atoms with Crippen LogP contribution in [-0.2, 0) is 9.47 Å². The normalized spacial score (nSPS) is 10.3. The first-order valence-electron chi connectivity index (χ1n) is 10.4. The molecule has 0 amide bonds. The summed E-state index contributed by atoms with van der Waals surface area (Å²) in [6.07, 6.45) is 2.82. The van der Waals surface area contributed by atoms with E-state index in [1.165, 1.54) is 44.4 Å². The van der Waals surface area contributed by atoms with Gasteiger partial charge in [-0.2, -0.15) is 0 Å². The highest BCUT2D eigenvalue weighted by Gasteiger charge is 2.09. The number of benzene rings is 2. The highest BCUT2D eigenvalue weighted by Crippen LogP contribution is 2.24. The molecule has 2 rings (SSSR count). The van der Waals surface area contributed by atoms with Gasteiger partial charge in [0.2, 0.25) is 6.41 Å². The van der Waals surface area contributed by atoms with Crippen LogP contribution >= 0.6 is 0 Å². The van der Waals surface area contributed by atoms with Crippen LogP contribution in [0.25, 0.3) is 0 Å². The molecule has 0 spiro atoms. The molecule has 0 bridgehead atoms. The van der Waals surface area contributed by atoms with Crippen LogP contribution in [0.15, 0.2) is 48.7 Å². The predicted octanol–water partition coefficient (Wildman–Crippen LogP) is 3.08. The van der Waals surface area contributed by atoms with Gasteiger partial charge in [0.05, 0.1) is 18.2 Å². The Morgan fingerprint density at radius 1 is 0.857 bits per heavy atom. The lowest BCUT2D eigenvalue weighted by atomic mass is 10.1. The minimum Gasteiger partial charge on any atom is -0.508 e. The number of hydrogen-bond acceptors (Lipinski definition) is 10. The Hall–Kier alpha value is -3.60. The van der Waals surface area contributed by atoms with E-state index in [2.05, 4.69) is 0 Å². The number of nitrogens with zero attached hydrogens (tertiary/aromatic N) is 2. The molecule has 0 aromatic heterocycles. The van der Waals surface area contributed by atoms with E-state index < -0.39 is 0 Å². The number of ether oxygens (including phenoxy) is 3. The molecule has 10 nitrogen and oxygen atoms in total. The minimum atomic E-state index is -0.242. The summed E-state index contributed by atoms with van der Waals surface area (Å²) in [5, 5.41) is 27.5. The molecule has 0 aliphatic heterocycles. The smallest absolute Gasteiger partial charge is 0.217 e. The molecule has 10 heteroatoms. The zero-order chi connectivity index (χ0) is 27.1. The first-order valence-corrected chi connectivity index (χ1v) is 10.4. The van der Waals surface area contributed by atoms with Crippen molar-refractivity contribution in [2.75, 3.05) is 49.5 Å². The van der Waals surface area contributed by atoms with Crippen LogP contribution in [0.4, 0.5) is 0 Å². The van der Waals surface area contributed by atoms with Crippen molar-refractivity contribution in [1.29, 1.82) is 0 Å². The van der Waals surface area contributed by atoms with E-state index in [-0.39, 0.29) is 46.4 Å². The molecule has 0 unspecified atom stereocenters. The molecule has 0 heterocycles. The average Bonchev–Trinajstić information content (AvgIpc) is 2.78. The second-order valence-corrected chi connectivity index (χ2v) is 7.53. The van der Waals surface area contributed by atoms with Gasteiger partial charge < -0.3 is 34.4 Å². The second kappa shape index (κ2) is 16.1. The van der Waals surface area contributed by atoms with E-state index in [0.717, 1.165) is 6.07 Å². The monoisotopic (exact) mass is 492 g/mol. The highest BCUT2D eigenvalue weighted by molar-refractivity contribution is 6.06. The highest BCUT2D eigenvalue weighted by atomic mass is 16.7. The van der Waals surface area contributed by atoms with Crippen molar-refractivity contribution in [3.8, 4) is 23.0 Å². The summed E-state index contributed by atoms with van der Waals surface area (Å²) in [7, 11) is 12.1. The summed E-state index contributed by atoms with van der Waals surface area (Å²) in [5.41, 5.74) is 0.488. The minimum absolute atomic E-state index is 0.0486. The van der Waals surface area contributed by atoms with E-state index in [4.69, 9.17) is 24.4 Å². The molecule has 0 radical (unpaired) electrons.